The van der Waals surface area contributed by atoms with Gasteiger partial charge in [0, 0.05) is 43.3 Å². The first-order valence-electron chi connectivity index (χ1n) is 8.60. The topological polar surface area (TPSA) is 73.1 Å². The van der Waals surface area contributed by atoms with Crippen LogP contribution in [0.5, 0.6) is 0 Å². The standard InChI is InChI=1S/C18H24ClN5O2/c1-12-5-13(2)24(20-12)18(8-19)11-23(9-16-6-14(3)25-21-16)10-17-7-15(4)26-22-17/h5-7,18H,8-11H2,1-4H3/t18-/m0/s1. The zero-order valence-electron chi connectivity index (χ0n) is 15.6. The third-order valence-electron chi connectivity index (χ3n) is 4.16. The van der Waals surface area contributed by atoms with Crippen LogP contribution in [0.4, 0.5) is 0 Å². The molecule has 0 fully saturated rings. The van der Waals surface area contributed by atoms with E-state index < -0.39 is 0 Å². The highest BCUT2D eigenvalue weighted by atomic mass is 35.5. The average molecular weight is 378 g/mol. The Morgan fingerprint density at radius 1 is 1.00 bits per heavy atom. The minimum atomic E-state index is 0.0476. The Labute approximate surface area is 157 Å². The van der Waals surface area contributed by atoms with Crippen LogP contribution in [0.15, 0.2) is 27.2 Å². The first-order valence-corrected chi connectivity index (χ1v) is 9.13. The molecule has 8 heteroatoms. The first-order chi connectivity index (χ1) is 12.4. The molecule has 0 aliphatic heterocycles. The van der Waals surface area contributed by atoms with Crippen molar-refractivity contribution in [2.75, 3.05) is 12.4 Å². The quantitative estimate of drug-likeness (QED) is 0.559. The number of nitrogens with zero attached hydrogens (tertiary/aromatic N) is 5. The lowest BCUT2D eigenvalue weighted by molar-refractivity contribution is 0.204. The van der Waals surface area contributed by atoms with E-state index in [-0.39, 0.29) is 6.04 Å². The molecule has 0 spiro atoms. The van der Waals surface area contributed by atoms with Crippen molar-refractivity contribution in [1.29, 1.82) is 0 Å². The van der Waals surface area contributed by atoms with Crippen LogP contribution in [0.1, 0.15) is 40.3 Å². The largest absolute Gasteiger partial charge is 0.361 e. The number of hydrogen-bond acceptors (Lipinski definition) is 6. The van der Waals surface area contributed by atoms with E-state index in [1.165, 1.54) is 0 Å². The highest BCUT2D eigenvalue weighted by Crippen LogP contribution is 2.18. The zero-order valence-corrected chi connectivity index (χ0v) is 16.3. The summed E-state index contributed by atoms with van der Waals surface area (Å²) in [6.45, 7) is 9.79. The van der Waals surface area contributed by atoms with Gasteiger partial charge < -0.3 is 9.05 Å². The molecule has 3 rings (SSSR count). The summed E-state index contributed by atoms with van der Waals surface area (Å²) in [4.78, 5) is 2.23. The van der Waals surface area contributed by atoms with E-state index in [0.29, 0.717) is 25.5 Å². The van der Waals surface area contributed by atoms with Gasteiger partial charge in [-0.2, -0.15) is 5.10 Å². The zero-order chi connectivity index (χ0) is 18.7. The highest BCUT2D eigenvalue weighted by molar-refractivity contribution is 6.18. The van der Waals surface area contributed by atoms with Crippen molar-refractivity contribution in [2.45, 2.75) is 46.8 Å². The molecular weight excluding hydrogens is 354 g/mol. The first kappa shape index (κ1) is 18.7. The Balaban J connectivity index is 1.79. The van der Waals surface area contributed by atoms with E-state index >= 15 is 0 Å². The Morgan fingerprint density at radius 2 is 1.58 bits per heavy atom. The van der Waals surface area contributed by atoms with E-state index in [4.69, 9.17) is 20.6 Å². The predicted octanol–water partition coefficient (Wildman–Crippen LogP) is 3.58. The maximum atomic E-state index is 6.29. The maximum absolute atomic E-state index is 6.29. The van der Waals surface area contributed by atoms with E-state index in [2.05, 4.69) is 26.4 Å². The van der Waals surface area contributed by atoms with Gasteiger partial charge in [0.1, 0.15) is 11.5 Å². The molecule has 3 aromatic heterocycles. The van der Waals surface area contributed by atoms with Crippen molar-refractivity contribution in [3.05, 3.63) is 52.5 Å². The Bertz CT molecular complexity index is 811. The van der Waals surface area contributed by atoms with Gasteiger partial charge in [-0.25, -0.2) is 0 Å². The van der Waals surface area contributed by atoms with Crippen molar-refractivity contribution < 1.29 is 9.05 Å². The number of alkyl halides is 1. The molecule has 0 radical (unpaired) electrons. The van der Waals surface area contributed by atoms with E-state index in [0.717, 1.165) is 34.3 Å². The lowest BCUT2D eigenvalue weighted by atomic mass is 10.2. The Kier molecular flexibility index (Phi) is 5.78. The van der Waals surface area contributed by atoms with Crippen LogP contribution in [-0.4, -0.2) is 37.4 Å². The number of aromatic nitrogens is 4. The number of halogens is 1. The van der Waals surface area contributed by atoms with Crippen LogP contribution < -0.4 is 0 Å². The second-order valence-electron chi connectivity index (χ2n) is 6.71. The molecule has 0 saturated carbocycles. The number of hydrogen-bond donors (Lipinski definition) is 0. The van der Waals surface area contributed by atoms with Gasteiger partial charge in [0.2, 0.25) is 0 Å². The minimum absolute atomic E-state index is 0.0476. The van der Waals surface area contributed by atoms with E-state index in [1.807, 2.05) is 44.5 Å². The summed E-state index contributed by atoms with van der Waals surface area (Å²) >= 11 is 6.29. The molecule has 0 saturated heterocycles. The molecule has 0 unspecified atom stereocenters. The maximum Gasteiger partial charge on any atom is 0.133 e. The second-order valence-corrected chi connectivity index (χ2v) is 7.02. The summed E-state index contributed by atoms with van der Waals surface area (Å²) in [6.07, 6.45) is 0. The molecule has 0 aliphatic rings. The van der Waals surface area contributed by atoms with Crippen LogP contribution in [0.2, 0.25) is 0 Å². The van der Waals surface area contributed by atoms with Gasteiger partial charge >= 0.3 is 0 Å². The smallest absolute Gasteiger partial charge is 0.133 e. The van der Waals surface area contributed by atoms with Crippen molar-refractivity contribution in [1.82, 2.24) is 25.0 Å². The normalized spacial score (nSPS) is 12.8. The summed E-state index contributed by atoms with van der Waals surface area (Å²) < 4.78 is 12.4. The molecule has 3 heterocycles. The second kappa shape index (κ2) is 8.05. The fourth-order valence-electron chi connectivity index (χ4n) is 3.13. The fourth-order valence-corrected chi connectivity index (χ4v) is 3.36. The fraction of sp³-hybridized carbons (Fsp3) is 0.500. The monoisotopic (exact) mass is 377 g/mol. The molecule has 1 atom stereocenters. The SMILES string of the molecule is Cc1cc(C)n([C@@H](CCl)CN(Cc2cc(C)on2)Cc2cc(C)on2)n1. The van der Waals surface area contributed by atoms with Gasteiger partial charge in [0.25, 0.3) is 0 Å². The van der Waals surface area contributed by atoms with Gasteiger partial charge in [0.05, 0.1) is 23.1 Å². The van der Waals surface area contributed by atoms with Crippen molar-refractivity contribution in [3.63, 3.8) is 0 Å². The molecule has 0 N–H and O–H groups in total. The van der Waals surface area contributed by atoms with Gasteiger partial charge in [0.15, 0.2) is 0 Å². The third kappa shape index (κ3) is 4.53. The molecule has 140 valence electrons. The molecule has 7 nitrogen and oxygen atoms in total. The van der Waals surface area contributed by atoms with Crippen LogP contribution in [-0.2, 0) is 13.1 Å². The molecule has 0 aromatic carbocycles. The average Bonchev–Trinajstić information content (AvgIpc) is 3.26. The van der Waals surface area contributed by atoms with Crippen LogP contribution in [0.3, 0.4) is 0 Å². The molecule has 26 heavy (non-hydrogen) atoms. The number of rotatable bonds is 8. The predicted molar refractivity (Wildman–Crippen MR) is 98.1 cm³/mol. The van der Waals surface area contributed by atoms with Crippen LogP contribution >= 0.6 is 11.6 Å². The van der Waals surface area contributed by atoms with Crippen LogP contribution in [0, 0.1) is 27.7 Å². The summed E-state index contributed by atoms with van der Waals surface area (Å²) in [5.74, 6) is 2.06. The molecule has 0 amide bonds. The van der Waals surface area contributed by atoms with Gasteiger partial charge in [-0.05, 0) is 33.8 Å². The van der Waals surface area contributed by atoms with Gasteiger partial charge in [-0.3, -0.25) is 9.58 Å². The lowest BCUT2D eigenvalue weighted by Gasteiger charge is -2.26. The highest BCUT2D eigenvalue weighted by Gasteiger charge is 2.20. The minimum Gasteiger partial charge on any atom is -0.361 e. The summed E-state index contributed by atoms with van der Waals surface area (Å²) in [5, 5.41) is 12.8. The molecular formula is C18H24ClN5O2. The van der Waals surface area contributed by atoms with E-state index in [1.54, 1.807) is 0 Å². The lowest BCUT2D eigenvalue weighted by Crippen LogP contribution is -2.32. The molecule has 3 aromatic rings. The molecule has 0 aliphatic carbocycles. The third-order valence-corrected chi connectivity index (χ3v) is 4.52. The summed E-state index contributed by atoms with van der Waals surface area (Å²) in [7, 11) is 0. The Morgan fingerprint density at radius 3 is 1.96 bits per heavy atom. The summed E-state index contributed by atoms with van der Waals surface area (Å²) in [5.41, 5.74) is 3.85. The van der Waals surface area contributed by atoms with Crippen molar-refractivity contribution in [2.24, 2.45) is 0 Å². The van der Waals surface area contributed by atoms with Gasteiger partial charge in [-0.1, -0.05) is 10.3 Å². The van der Waals surface area contributed by atoms with Crippen molar-refractivity contribution in [3.8, 4) is 0 Å². The Hall–Kier alpha value is -2.12. The number of aryl methyl sites for hydroxylation is 4. The molecule has 0 bridgehead atoms. The van der Waals surface area contributed by atoms with Crippen LogP contribution in [0.25, 0.3) is 0 Å². The van der Waals surface area contributed by atoms with E-state index in [9.17, 15) is 0 Å². The van der Waals surface area contributed by atoms with Crippen molar-refractivity contribution >= 4 is 11.6 Å². The van der Waals surface area contributed by atoms with Gasteiger partial charge in [-0.15, -0.1) is 11.6 Å². The summed E-state index contributed by atoms with van der Waals surface area (Å²) in [6, 6.07) is 6.00.